The largest absolute Gasteiger partial charge is 0.277 e. The van der Waals surface area contributed by atoms with Gasteiger partial charge in [-0.25, -0.2) is 0 Å². The standard InChI is InChI=1S/C17H16N4OS/c1-19(2)17-20(16(22)12-8-4-3-5-9-12)18-15-13-10-6-7-11-14(13)23-21(15)17/h3-11,17H,1-2H3. The van der Waals surface area contributed by atoms with Crippen molar-refractivity contribution in [2.45, 2.75) is 11.2 Å². The number of hydrogen-bond donors (Lipinski definition) is 0. The van der Waals surface area contributed by atoms with Gasteiger partial charge in [-0.05, 0) is 50.3 Å². The van der Waals surface area contributed by atoms with Crippen molar-refractivity contribution in [1.82, 2.24) is 14.2 Å². The highest BCUT2D eigenvalue weighted by molar-refractivity contribution is 7.98. The molecule has 0 bridgehead atoms. The molecular formula is C17H16N4OS. The summed E-state index contributed by atoms with van der Waals surface area (Å²) in [5.41, 5.74) is 1.72. The molecule has 0 radical (unpaired) electrons. The first-order valence-corrected chi connectivity index (χ1v) is 8.14. The smallest absolute Gasteiger partial charge is 0.270 e. The summed E-state index contributed by atoms with van der Waals surface area (Å²) in [5, 5.41) is 6.20. The van der Waals surface area contributed by atoms with E-state index < -0.39 is 0 Å². The summed E-state index contributed by atoms with van der Waals surface area (Å²) in [6.07, 6.45) is -0.241. The zero-order valence-corrected chi connectivity index (χ0v) is 13.7. The number of hydrogen-bond acceptors (Lipinski definition) is 5. The zero-order valence-electron chi connectivity index (χ0n) is 12.9. The number of hydrazone groups is 1. The molecule has 1 unspecified atom stereocenters. The molecule has 6 heteroatoms. The molecule has 0 N–H and O–H groups in total. The number of rotatable bonds is 2. The summed E-state index contributed by atoms with van der Waals surface area (Å²) in [6.45, 7) is 0. The summed E-state index contributed by atoms with van der Waals surface area (Å²) in [4.78, 5) is 16.0. The highest BCUT2D eigenvalue weighted by atomic mass is 32.2. The van der Waals surface area contributed by atoms with E-state index >= 15 is 0 Å². The number of carbonyl (C=O) groups excluding carboxylic acids is 1. The molecule has 0 fully saturated rings. The van der Waals surface area contributed by atoms with E-state index in [1.165, 1.54) is 4.90 Å². The maximum Gasteiger partial charge on any atom is 0.277 e. The van der Waals surface area contributed by atoms with Crippen LogP contribution in [0.5, 0.6) is 0 Å². The molecule has 1 amide bonds. The fourth-order valence-electron chi connectivity index (χ4n) is 2.80. The highest BCUT2D eigenvalue weighted by Crippen LogP contribution is 2.42. The number of benzene rings is 2. The quantitative estimate of drug-likeness (QED) is 0.796. The number of amidine groups is 1. The second-order valence-corrected chi connectivity index (χ2v) is 6.68. The van der Waals surface area contributed by atoms with Crippen molar-refractivity contribution in [3.05, 3.63) is 65.7 Å². The van der Waals surface area contributed by atoms with Crippen LogP contribution in [0.25, 0.3) is 0 Å². The average molecular weight is 324 g/mol. The van der Waals surface area contributed by atoms with Gasteiger partial charge in [0, 0.05) is 16.0 Å². The van der Waals surface area contributed by atoms with Gasteiger partial charge in [-0.15, -0.1) is 5.10 Å². The SMILES string of the molecule is CN(C)C1N(C(=O)c2ccccc2)N=C2c3ccccc3SN21. The molecule has 4 rings (SSSR count). The van der Waals surface area contributed by atoms with E-state index in [4.69, 9.17) is 0 Å². The monoisotopic (exact) mass is 324 g/mol. The second-order valence-electron chi connectivity index (χ2n) is 5.66. The molecule has 0 spiro atoms. The minimum atomic E-state index is -0.241. The Bertz CT molecular complexity index is 790. The lowest BCUT2D eigenvalue weighted by molar-refractivity contribution is 0.0359. The van der Waals surface area contributed by atoms with Crippen LogP contribution >= 0.6 is 11.9 Å². The van der Waals surface area contributed by atoms with Gasteiger partial charge < -0.3 is 0 Å². The minimum Gasteiger partial charge on any atom is -0.270 e. The van der Waals surface area contributed by atoms with Gasteiger partial charge in [0.15, 0.2) is 12.1 Å². The van der Waals surface area contributed by atoms with Gasteiger partial charge in [0.25, 0.3) is 5.91 Å². The molecule has 5 nitrogen and oxygen atoms in total. The molecule has 2 aromatic carbocycles. The Labute approximate surface area is 139 Å². The second kappa shape index (κ2) is 5.40. The number of nitrogens with zero attached hydrogens (tertiary/aromatic N) is 4. The lowest BCUT2D eigenvalue weighted by Gasteiger charge is -2.32. The van der Waals surface area contributed by atoms with Crippen molar-refractivity contribution in [2.75, 3.05) is 14.1 Å². The van der Waals surface area contributed by atoms with Gasteiger partial charge in [0.05, 0.1) is 0 Å². The Hall–Kier alpha value is -2.31. The summed E-state index contributed by atoms with van der Waals surface area (Å²) in [5.74, 6) is 0.748. The van der Waals surface area contributed by atoms with Crippen molar-refractivity contribution in [2.24, 2.45) is 5.10 Å². The summed E-state index contributed by atoms with van der Waals surface area (Å²) in [6, 6.07) is 17.4. The van der Waals surface area contributed by atoms with Crippen LogP contribution in [0.4, 0.5) is 0 Å². The van der Waals surface area contributed by atoms with E-state index in [9.17, 15) is 4.79 Å². The van der Waals surface area contributed by atoms with E-state index in [1.54, 1.807) is 17.0 Å². The molecule has 0 saturated heterocycles. The Kier molecular flexibility index (Phi) is 3.36. The molecule has 2 aliphatic heterocycles. The first kappa shape index (κ1) is 14.3. The van der Waals surface area contributed by atoms with E-state index in [0.717, 1.165) is 11.4 Å². The fourth-order valence-corrected chi connectivity index (χ4v) is 4.00. The van der Waals surface area contributed by atoms with Gasteiger partial charge in [-0.2, -0.15) is 5.01 Å². The summed E-state index contributed by atoms with van der Waals surface area (Å²) >= 11 is 1.63. The van der Waals surface area contributed by atoms with Crippen LogP contribution in [0.2, 0.25) is 0 Å². The minimum absolute atomic E-state index is 0.0933. The van der Waals surface area contributed by atoms with Crippen LogP contribution in [0, 0.1) is 0 Å². The molecule has 23 heavy (non-hydrogen) atoms. The van der Waals surface area contributed by atoms with E-state index in [0.29, 0.717) is 5.56 Å². The van der Waals surface area contributed by atoms with Crippen LogP contribution in [-0.2, 0) is 0 Å². The van der Waals surface area contributed by atoms with E-state index in [2.05, 4.69) is 15.5 Å². The zero-order chi connectivity index (χ0) is 16.0. The number of amides is 1. The normalized spacial score (nSPS) is 18.9. The van der Waals surface area contributed by atoms with Crippen LogP contribution in [0.1, 0.15) is 15.9 Å². The average Bonchev–Trinajstić information content (AvgIpc) is 3.10. The van der Waals surface area contributed by atoms with Gasteiger partial charge in [0.2, 0.25) is 0 Å². The van der Waals surface area contributed by atoms with Crippen LogP contribution < -0.4 is 0 Å². The highest BCUT2D eigenvalue weighted by Gasteiger charge is 2.44. The molecule has 2 aromatic rings. The maximum absolute atomic E-state index is 12.9. The molecule has 116 valence electrons. The van der Waals surface area contributed by atoms with E-state index in [-0.39, 0.29) is 12.2 Å². The Morgan fingerprint density at radius 2 is 1.78 bits per heavy atom. The van der Waals surface area contributed by atoms with Crippen LogP contribution in [0.15, 0.2) is 64.6 Å². The van der Waals surface area contributed by atoms with E-state index in [1.807, 2.05) is 67.5 Å². The first-order valence-electron chi connectivity index (χ1n) is 7.37. The molecule has 2 aliphatic rings. The molecule has 2 heterocycles. The third-order valence-electron chi connectivity index (χ3n) is 3.86. The molecule has 0 aromatic heterocycles. The van der Waals surface area contributed by atoms with Gasteiger partial charge in [-0.1, -0.05) is 30.3 Å². The molecular weight excluding hydrogens is 308 g/mol. The third-order valence-corrected chi connectivity index (χ3v) is 4.97. The Morgan fingerprint density at radius 1 is 1.09 bits per heavy atom. The predicted octanol–water partition coefficient (Wildman–Crippen LogP) is 2.67. The first-order chi connectivity index (χ1) is 11.2. The third kappa shape index (κ3) is 2.22. The van der Waals surface area contributed by atoms with Crippen molar-refractivity contribution >= 4 is 23.7 Å². The lowest BCUT2D eigenvalue weighted by Crippen LogP contribution is -2.49. The van der Waals surface area contributed by atoms with Crippen LogP contribution in [0.3, 0.4) is 0 Å². The van der Waals surface area contributed by atoms with Crippen molar-refractivity contribution < 1.29 is 4.79 Å². The van der Waals surface area contributed by atoms with Crippen molar-refractivity contribution in [1.29, 1.82) is 0 Å². The number of fused-ring (bicyclic) bond motifs is 3. The topological polar surface area (TPSA) is 39.1 Å². The summed E-state index contributed by atoms with van der Waals surface area (Å²) < 4.78 is 2.09. The van der Waals surface area contributed by atoms with Crippen molar-refractivity contribution in [3.63, 3.8) is 0 Å². The van der Waals surface area contributed by atoms with Gasteiger partial charge in [0.1, 0.15) is 0 Å². The van der Waals surface area contributed by atoms with Crippen molar-refractivity contribution in [3.8, 4) is 0 Å². The molecule has 0 saturated carbocycles. The predicted molar refractivity (Wildman–Crippen MR) is 90.8 cm³/mol. The number of carbonyl (C=O) groups is 1. The maximum atomic E-state index is 12.9. The Morgan fingerprint density at radius 3 is 2.52 bits per heavy atom. The molecule has 1 atom stereocenters. The fraction of sp³-hybridized carbons (Fsp3) is 0.176. The van der Waals surface area contributed by atoms with Gasteiger partial charge >= 0.3 is 0 Å². The Balaban J connectivity index is 1.76. The van der Waals surface area contributed by atoms with Gasteiger partial charge in [-0.3, -0.25) is 14.0 Å². The van der Waals surface area contributed by atoms with Crippen LogP contribution in [-0.4, -0.2) is 46.3 Å². The molecule has 0 aliphatic carbocycles. The lowest BCUT2D eigenvalue weighted by atomic mass is 10.2. The summed E-state index contributed by atoms with van der Waals surface area (Å²) in [7, 11) is 3.91.